The standard InChI is InChI=1S/C24H21F5N2O2/c25-23(26)33-20-12-10-19(11-13-20)31(22(32)21(30)17-4-2-1-3-5-17)15-14-16-6-8-18(9-7-16)24(27,28)29/h1-13,21,23H,14-15,30H2/t21-/m0/s1. The van der Waals surface area contributed by atoms with Crippen LogP contribution in [-0.4, -0.2) is 19.1 Å². The molecular weight excluding hydrogens is 443 g/mol. The number of halogens is 5. The Morgan fingerprint density at radius 2 is 1.52 bits per heavy atom. The largest absolute Gasteiger partial charge is 0.435 e. The van der Waals surface area contributed by atoms with Crippen molar-refractivity contribution in [2.75, 3.05) is 11.4 Å². The van der Waals surface area contributed by atoms with Gasteiger partial charge in [-0.05, 0) is 53.9 Å². The summed E-state index contributed by atoms with van der Waals surface area (Å²) in [6.45, 7) is -2.88. The molecule has 1 amide bonds. The number of benzene rings is 3. The highest BCUT2D eigenvalue weighted by atomic mass is 19.4. The van der Waals surface area contributed by atoms with Crippen molar-refractivity contribution >= 4 is 11.6 Å². The molecule has 0 aromatic heterocycles. The van der Waals surface area contributed by atoms with Crippen LogP contribution in [0.15, 0.2) is 78.9 Å². The summed E-state index contributed by atoms with van der Waals surface area (Å²) >= 11 is 0. The molecule has 3 aromatic rings. The summed E-state index contributed by atoms with van der Waals surface area (Å²) in [5.41, 5.74) is 6.97. The van der Waals surface area contributed by atoms with Gasteiger partial charge >= 0.3 is 12.8 Å². The molecule has 4 nitrogen and oxygen atoms in total. The van der Waals surface area contributed by atoms with Crippen LogP contribution in [0.3, 0.4) is 0 Å². The molecule has 1 atom stereocenters. The quantitative estimate of drug-likeness (QED) is 0.443. The first kappa shape index (κ1) is 24.2. The minimum absolute atomic E-state index is 0.0729. The lowest BCUT2D eigenvalue weighted by Crippen LogP contribution is -2.40. The number of nitrogens with two attached hydrogens (primary N) is 1. The number of carbonyl (C=O) groups excluding carboxylic acids is 1. The minimum Gasteiger partial charge on any atom is -0.435 e. The molecule has 0 aliphatic rings. The average molecular weight is 464 g/mol. The second-order valence-corrected chi connectivity index (χ2v) is 7.20. The third-order valence-corrected chi connectivity index (χ3v) is 4.97. The highest BCUT2D eigenvalue weighted by molar-refractivity contribution is 5.97. The van der Waals surface area contributed by atoms with Crippen molar-refractivity contribution in [1.82, 2.24) is 0 Å². The highest BCUT2D eigenvalue weighted by Gasteiger charge is 2.30. The van der Waals surface area contributed by atoms with E-state index in [1.54, 1.807) is 30.3 Å². The smallest absolute Gasteiger partial charge is 0.416 e. The van der Waals surface area contributed by atoms with Crippen LogP contribution in [0.25, 0.3) is 0 Å². The van der Waals surface area contributed by atoms with Gasteiger partial charge < -0.3 is 15.4 Å². The first-order valence-electron chi connectivity index (χ1n) is 9.98. The van der Waals surface area contributed by atoms with Gasteiger partial charge in [-0.25, -0.2) is 0 Å². The predicted octanol–water partition coefficient (Wildman–Crippen LogP) is 5.58. The molecule has 9 heteroatoms. The number of hydrogen-bond donors (Lipinski definition) is 1. The second-order valence-electron chi connectivity index (χ2n) is 7.20. The lowest BCUT2D eigenvalue weighted by Gasteiger charge is -2.26. The maximum absolute atomic E-state index is 13.2. The third-order valence-electron chi connectivity index (χ3n) is 4.97. The molecule has 0 fully saturated rings. The summed E-state index contributed by atoms with van der Waals surface area (Å²) in [5.74, 6) is -0.521. The number of hydrogen-bond acceptors (Lipinski definition) is 3. The van der Waals surface area contributed by atoms with Gasteiger partial charge in [0.2, 0.25) is 5.91 Å². The summed E-state index contributed by atoms with van der Waals surface area (Å²) in [4.78, 5) is 14.6. The van der Waals surface area contributed by atoms with E-state index in [0.29, 0.717) is 16.8 Å². The maximum Gasteiger partial charge on any atom is 0.416 e. The third kappa shape index (κ3) is 6.52. The molecular formula is C24H21F5N2O2. The number of alkyl halides is 5. The lowest BCUT2D eigenvalue weighted by atomic mass is 10.0. The second kappa shape index (κ2) is 10.4. The van der Waals surface area contributed by atoms with E-state index in [4.69, 9.17) is 5.73 Å². The number of carbonyl (C=O) groups is 1. The van der Waals surface area contributed by atoms with Gasteiger partial charge in [-0.2, -0.15) is 22.0 Å². The van der Waals surface area contributed by atoms with Crippen molar-refractivity contribution in [1.29, 1.82) is 0 Å². The Labute approximate surface area is 187 Å². The summed E-state index contributed by atoms with van der Waals surface area (Å²) in [5, 5.41) is 0. The zero-order valence-corrected chi connectivity index (χ0v) is 17.3. The first-order chi connectivity index (χ1) is 15.6. The Hall–Kier alpha value is -3.46. The summed E-state index contributed by atoms with van der Waals surface area (Å²) < 4.78 is 67.6. The number of ether oxygens (including phenoxy) is 1. The van der Waals surface area contributed by atoms with Crippen molar-refractivity contribution in [2.24, 2.45) is 5.73 Å². The molecule has 0 bridgehead atoms. The maximum atomic E-state index is 13.2. The topological polar surface area (TPSA) is 55.6 Å². The van der Waals surface area contributed by atoms with Crippen LogP contribution < -0.4 is 15.4 Å². The van der Waals surface area contributed by atoms with Crippen molar-refractivity contribution in [3.05, 3.63) is 95.6 Å². The fourth-order valence-corrected chi connectivity index (χ4v) is 3.25. The molecule has 0 saturated heterocycles. The van der Waals surface area contributed by atoms with Gasteiger partial charge in [-0.1, -0.05) is 42.5 Å². The van der Waals surface area contributed by atoms with Gasteiger partial charge in [0.15, 0.2) is 0 Å². The number of amides is 1. The fraction of sp³-hybridized carbons (Fsp3) is 0.208. The molecule has 0 saturated carbocycles. The van der Waals surface area contributed by atoms with Crippen molar-refractivity contribution in [3.63, 3.8) is 0 Å². The minimum atomic E-state index is -4.44. The Morgan fingerprint density at radius 1 is 0.909 bits per heavy atom. The van der Waals surface area contributed by atoms with Crippen LogP contribution in [0.5, 0.6) is 5.75 Å². The molecule has 0 radical (unpaired) electrons. The van der Waals surface area contributed by atoms with E-state index in [-0.39, 0.29) is 18.7 Å². The zero-order chi connectivity index (χ0) is 24.0. The van der Waals surface area contributed by atoms with Crippen molar-refractivity contribution in [3.8, 4) is 5.75 Å². The molecule has 33 heavy (non-hydrogen) atoms. The van der Waals surface area contributed by atoms with E-state index in [0.717, 1.165) is 12.1 Å². The van der Waals surface area contributed by atoms with Gasteiger partial charge in [0.25, 0.3) is 0 Å². The molecule has 0 aliphatic carbocycles. The van der Waals surface area contributed by atoms with Crippen molar-refractivity contribution < 1.29 is 31.5 Å². The van der Waals surface area contributed by atoms with Gasteiger partial charge in [-0.15, -0.1) is 0 Å². The van der Waals surface area contributed by atoms with Gasteiger partial charge in [-0.3, -0.25) is 4.79 Å². The molecule has 2 N–H and O–H groups in total. The summed E-state index contributed by atoms with van der Waals surface area (Å²) in [6.07, 6.45) is -4.19. The SMILES string of the molecule is N[C@H](C(=O)N(CCc1ccc(C(F)(F)F)cc1)c1ccc(OC(F)F)cc1)c1ccccc1. The van der Waals surface area contributed by atoms with Crippen LogP contribution in [0.1, 0.15) is 22.7 Å². The molecule has 0 aliphatic heterocycles. The normalized spacial score (nSPS) is 12.5. The summed E-state index contributed by atoms with van der Waals surface area (Å²) in [6, 6.07) is 17.8. The molecule has 3 aromatic carbocycles. The zero-order valence-electron chi connectivity index (χ0n) is 17.3. The van der Waals surface area contributed by atoms with E-state index in [1.165, 1.54) is 41.3 Å². The Morgan fingerprint density at radius 3 is 2.06 bits per heavy atom. The van der Waals surface area contributed by atoms with E-state index in [1.807, 2.05) is 0 Å². The fourth-order valence-electron chi connectivity index (χ4n) is 3.25. The summed E-state index contributed by atoms with van der Waals surface area (Å²) in [7, 11) is 0. The molecule has 3 rings (SSSR count). The average Bonchev–Trinajstić information content (AvgIpc) is 2.79. The number of rotatable bonds is 8. The Balaban J connectivity index is 1.82. The van der Waals surface area contributed by atoms with Crippen molar-refractivity contribution in [2.45, 2.75) is 25.3 Å². The molecule has 0 heterocycles. The van der Waals surface area contributed by atoms with E-state index < -0.39 is 30.3 Å². The highest BCUT2D eigenvalue weighted by Crippen LogP contribution is 2.29. The Kier molecular flexibility index (Phi) is 7.65. The molecule has 174 valence electrons. The number of anilines is 1. The molecule has 0 spiro atoms. The Bertz CT molecular complexity index is 1040. The van der Waals surface area contributed by atoms with Gasteiger partial charge in [0.1, 0.15) is 11.8 Å². The van der Waals surface area contributed by atoms with E-state index in [9.17, 15) is 26.7 Å². The van der Waals surface area contributed by atoms with Crippen LogP contribution in [0.2, 0.25) is 0 Å². The first-order valence-corrected chi connectivity index (χ1v) is 9.98. The van der Waals surface area contributed by atoms with Gasteiger partial charge in [0, 0.05) is 12.2 Å². The van der Waals surface area contributed by atoms with Crippen LogP contribution in [0.4, 0.5) is 27.6 Å². The lowest BCUT2D eigenvalue weighted by molar-refractivity contribution is -0.137. The number of nitrogens with zero attached hydrogens (tertiary/aromatic N) is 1. The van der Waals surface area contributed by atoms with Gasteiger partial charge in [0.05, 0.1) is 5.56 Å². The monoisotopic (exact) mass is 464 g/mol. The van der Waals surface area contributed by atoms with Crippen LogP contribution in [-0.2, 0) is 17.4 Å². The van der Waals surface area contributed by atoms with Crippen LogP contribution in [0, 0.1) is 0 Å². The van der Waals surface area contributed by atoms with E-state index in [2.05, 4.69) is 4.74 Å². The predicted molar refractivity (Wildman–Crippen MR) is 114 cm³/mol. The molecule has 0 unspecified atom stereocenters. The van der Waals surface area contributed by atoms with E-state index >= 15 is 0 Å². The van der Waals surface area contributed by atoms with Crippen LogP contribution >= 0.6 is 0 Å².